The van der Waals surface area contributed by atoms with Gasteiger partial charge < -0.3 is 19.5 Å². The van der Waals surface area contributed by atoms with Crippen molar-refractivity contribution in [1.29, 1.82) is 0 Å². The number of ether oxygens (including phenoxy) is 3. The fraction of sp³-hybridized carbons (Fsp3) is 0.476. The molecule has 1 aromatic heterocycles. The van der Waals surface area contributed by atoms with E-state index in [9.17, 15) is 4.79 Å². The Bertz CT molecular complexity index is 779. The fourth-order valence-electron chi connectivity index (χ4n) is 3.63. The van der Waals surface area contributed by atoms with E-state index in [4.69, 9.17) is 14.2 Å². The smallest absolute Gasteiger partial charge is 0.234 e. The lowest BCUT2D eigenvalue weighted by Crippen LogP contribution is -2.43. The predicted octanol–water partition coefficient (Wildman–Crippen LogP) is 2.87. The van der Waals surface area contributed by atoms with E-state index in [0.29, 0.717) is 25.4 Å². The Morgan fingerprint density at radius 1 is 1.25 bits per heavy atom. The number of hydrogen-bond acceptors (Lipinski definition) is 6. The lowest BCUT2D eigenvalue weighted by molar-refractivity contribution is -0.122. The normalized spacial score (nSPS) is 16.5. The summed E-state index contributed by atoms with van der Waals surface area (Å²) in [5, 5.41) is 5.07. The highest BCUT2D eigenvalue weighted by Crippen LogP contribution is 2.41. The number of thiophene rings is 1. The highest BCUT2D eigenvalue weighted by atomic mass is 32.1. The van der Waals surface area contributed by atoms with E-state index in [1.54, 1.807) is 32.7 Å². The van der Waals surface area contributed by atoms with Crippen molar-refractivity contribution in [1.82, 2.24) is 10.2 Å². The Balaban J connectivity index is 1.84. The molecule has 1 atom stereocenters. The van der Waals surface area contributed by atoms with E-state index < -0.39 is 0 Å². The van der Waals surface area contributed by atoms with Crippen LogP contribution in [0.4, 0.5) is 0 Å². The maximum absolute atomic E-state index is 12.5. The molecular weight excluding hydrogens is 376 g/mol. The zero-order valence-corrected chi connectivity index (χ0v) is 17.5. The first-order valence-corrected chi connectivity index (χ1v) is 10.3. The van der Waals surface area contributed by atoms with E-state index in [1.807, 2.05) is 0 Å². The Kier molecular flexibility index (Phi) is 7.30. The summed E-state index contributed by atoms with van der Waals surface area (Å²) < 4.78 is 16.0. The second kappa shape index (κ2) is 9.91. The largest absolute Gasteiger partial charge is 0.493 e. The zero-order valence-electron chi connectivity index (χ0n) is 16.7. The molecule has 1 N–H and O–H groups in total. The number of methoxy groups -OCH3 is 3. The van der Waals surface area contributed by atoms with Crippen molar-refractivity contribution in [3.63, 3.8) is 0 Å². The summed E-state index contributed by atoms with van der Waals surface area (Å²) in [5.74, 6) is 1.51. The molecule has 0 saturated carbocycles. The van der Waals surface area contributed by atoms with E-state index in [-0.39, 0.29) is 11.9 Å². The van der Waals surface area contributed by atoms with Crippen LogP contribution in [0.25, 0.3) is 0 Å². The van der Waals surface area contributed by atoms with Crippen molar-refractivity contribution in [2.24, 2.45) is 0 Å². The van der Waals surface area contributed by atoms with E-state index in [1.165, 1.54) is 16.0 Å². The van der Waals surface area contributed by atoms with Gasteiger partial charge in [0.1, 0.15) is 0 Å². The van der Waals surface area contributed by atoms with Crippen molar-refractivity contribution >= 4 is 17.2 Å². The van der Waals surface area contributed by atoms with Gasteiger partial charge in [-0.2, -0.15) is 0 Å². The first-order valence-electron chi connectivity index (χ1n) is 9.45. The average molecular weight is 405 g/mol. The van der Waals surface area contributed by atoms with Crippen LogP contribution in [0.3, 0.4) is 0 Å². The molecule has 1 aliphatic rings. The van der Waals surface area contributed by atoms with Gasteiger partial charge in [-0.1, -0.05) is 6.07 Å². The summed E-state index contributed by atoms with van der Waals surface area (Å²) in [6.07, 6.45) is 1.69. The summed E-state index contributed by atoms with van der Waals surface area (Å²) in [4.78, 5) is 16.0. The summed E-state index contributed by atoms with van der Waals surface area (Å²) >= 11 is 1.71. The Hall–Kier alpha value is -2.09. The number of benzene rings is 1. The van der Waals surface area contributed by atoms with Crippen LogP contribution in [0.5, 0.6) is 11.5 Å². The van der Waals surface area contributed by atoms with Gasteiger partial charge in [0.15, 0.2) is 11.5 Å². The third-order valence-electron chi connectivity index (χ3n) is 4.98. The van der Waals surface area contributed by atoms with Gasteiger partial charge >= 0.3 is 0 Å². The molecule has 3 rings (SSSR count). The molecule has 1 amide bonds. The van der Waals surface area contributed by atoms with Gasteiger partial charge in [-0.05, 0) is 47.5 Å². The van der Waals surface area contributed by atoms with Crippen molar-refractivity contribution in [3.8, 4) is 11.5 Å². The molecule has 6 nitrogen and oxygen atoms in total. The molecule has 2 aromatic rings. The average Bonchev–Trinajstić information content (AvgIpc) is 3.24. The van der Waals surface area contributed by atoms with Crippen LogP contribution < -0.4 is 14.8 Å². The lowest BCUT2D eigenvalue weighted by Gasteiger charge is -2.37. The highest BCUT2D eigenvalue weighted by molar-refractivity contribution is 7.10. The summed E-state index contributed by atoms with van der Waals surface area (Å²) in [5.41, 5.74) is 2.42. The molecular formula is C21H28N2O4S. The van der Waals surface area contributed by atoms with Gasteiger partial charge in [-0.15, -0.1) is 11.3 Å². The van der Waals surface area contributed by atoms with Gasteiger partial charge in [0, 0.05) is 31.7 Å². The molecule has 1 aliphatic heterocycles. The first-order chi connectivity index (χ1) is 13.7. The Morgan fingerprint density at radius 2 is 2.04 bits per heavy atom. The van der Waals surface area contributed by atoms with Gasteiger partial charge in [0.2, 0.25) is 5.91 Å². The summed E-state index contributed by atoms with van der Waals surface area (Å²) in [7, 11) is 4.98. The van der Waals surface area contributed by atoms with Crippen LogP contribution >= 0.6 is 11.3 Å². The van der Waals surface area contributed by atoms with Crippen LogP contribution in [0.2, 0.25) is 0 Å². The molecule has 0 unspecified atom stereocenters. The van der Waals surface area contributed by atoms with Gasteiger partial charge in [-0.25, -0.2) is 0 Å². The summed E-state index contributed by atoms with van der Waals surface area (Å²) in [6.45, 7) is 2.46. The molecule has 0 aliphatic carbocycles. The van der Waals surface area contributed by atoms with Gasteiger partial charge in [0.25, 0.3) is 0 Å². The minimum atomic E-state index is 0.0354. The molecule has 0 spiro atoms. The van der Waals surface area contributed by atoms with Crippen LogP contribution in [0.1, 0.15) is 28.5 Å². The second-order valence-electron chi connectivity index (χ2n) is 6.74. The predicted molar refractivity (Wildman–Crippen MR) is 110 cm³/mol. The number of amides is 1. The molecule has 152 valence electrons. The van der Waals surface area contributed by atoms with Crippen LogP contribution in [-0.2, 0) is 16.0 Å². The third kappa shape index (κ3) is 4.66. The molecule has 0 bridgehead atoms. The minimum absolute atomic E-state index is 0.0354. The molecule has 2 heterocycles. The topological polar surface area (TPSA) is 60.0 Å². The van der Waals surface area contributed by atoms with E-state index >= 15 is 0 Å². The fourth-order valence-corrected chi connectivity index (χ4v) is 4.51. The van der Waals surface area contributed by atoms with Crippen molar-refractivity contribution in [2.75, 3.05) is 47.6 Å². The molecule has 1 aromatic carbocycles. The van der Waals surface area contributed by atoms with E-state index in [0.717, 1.165) is 25.1 Å². The minimum Gasteiger partial charge on any atom is -0.493 e. The van der Waals surface area contributed by atoms with Crippen LogP contribution in [0, 0.1) is 0 Å². The SMILES string of the molecule is COCCCNC(=O)CN1CCc2cc(OC)c(OC)cc2[C@@H]1c1cccs1. The number of rotatable bonds is 9. The standard InChI is InChI=1S/C21H28N2O4S/c1-25-10-5-8-22-20(24)14-23-9-7-15-12-17(26-2)18(27-3)13-16(15)21(23)19-6-4-11-28-19/h4,6,11-13,21H,5,7-10,14H2,1-3H3,(H,22,24)/t21-/m1/s1. The van der Waals surface area contributed by atoms with Crippen molar-refractivity contribution < 1.29 is 19.0 Å². The first kappa shape index (κ1) is 20.6. The number of fused-ring (bicyclic) bond motifs is 1. The molecule has 0 saturated heterocycles. The monoisotopic (exact) mass is 404 g/mol. The lowest BCUT2D eigenvalue weighted by atomic mass is 9.91. The number of hydrogen-bond donors (Lipinski definition) is 1. The van der Waals surface area contributed by atoms with Gasteiger partial charge in [0.05, 0.1) is 26.8 Å². The maximum Gasteiger partial charge on any atom is 0.234 e. The number of carbonyl (C=O) groups excluding carboxylic acids is 1. The second-order valence-corrected chi connectivity index (χ2v) is 7.72. The molecule has 0 radical (unpaired) electrons. The van der Waals surface area contributed by atoms with Gasteiger partial charge in [-0.3, -0.25) is 9.69 Å². The van der Waals surface area contributed by atoms with Crippen LogP contribution in [-0.4, -0.2) is 58.4 Å². The molecule has 28 heavy (non-hydrogen) atoms. The van der Waals surface area contributed by atoms with E-state index in [2.05, 4.69) is 39.9 Å². The van der Waals surface area contributed by atoms with Crippen molar-refractivity contribution in [3.05, 3.63) is 45.6 Å². The number of nitrogens with zero attached hydrogens (tertiary/aromatic N) is 1. The highest BCUT2D eigenvalue weighted by Gasteiger charge is 2.32. The number of nitrogens with one attached hydrogen (secondary N) is 1. The maximum atomic E-state index is 12.5. The van der Waals surface area contributed by atoms with Crippen molar-refractivity contribution in [2.45, 2.75) is 18.9 Å². The quantitative estimate of drug-likeness (QED) is 0.652. The molecule has 0 fully saturated rings. The molecule has 7 heteroatoms. The van der Waals surface area contributed by atoms with Crippen LogP contribution in [0.15, 0.2) is 29.6 Å². The zero-order chi connectivity index (χ0) is 19.9. The Morgan fingerprint density at radius 3 is 2.71 bits per heavy atom. The number of carbonyl (C=O) groups is 1. The third-order valence-corrected chi connectivity index (χ3v) is 5.90. The summed E-state index contributed by atoms with van der Waals surface area (Å²) in [6, 6.07) is 8.34. The Labute approximate surface area is 170 Å².